The van der Waals surface area contributed by atoms with Gasteiger partial charge in [0.05, 0.1) is 19.9 Å². The summed E-state index contributed by atoms with van der Waals surface area (Å²) in [6.45, 7) is 4.44. The first-order valence-corrected chi connectivity index (χ1v) is 6.13. The number of likely N-dealkylation sites (N-methyl/N-ethyl adjacent to an activating group) is 1. The summed E-state index contributed by atoms with van der Waals surface area (Å²) in [5.74, 6) is 0.844. The maximum Gasteiger partial charge on any atom is 0.141 e. The van der Waals surface area contributed by atoms with Gasteiger partial charge < -0.3 is 19.7 Å². The Morgan fingerprint density at radius 1 is 1.33 bits per heavy atom. The van der Waals surface area contributed by atoms with Gasteiger partial charge in [-0.25, -0.2) is 0 Å². The van der Waals surface area contributed by atoms with Gasteiger partial charge in [-0.1, -0.05) is 0 Å². The predicted molar refractivity (Wildman–Crippen MR) is 71.9 cm³/mol. The van der Waals surface area contributed by atoms with Crippen molar-refractivity contribution in [2.45, 2.75) is 6.54 Å². The van der Waals surface area contributed by atoms with Crippen LogP contribution in [0, 0.1) is 0 Å². The Morgan fingerprint density at radius 3 is 2.89 bits per heavy atom. The normalized spacial score (nSPS) is 10.9. The molecule has 0 saturated carbocycles. The lowest BCUT2D eigenvalue weighted by Crippen LogP contribution is -2.30. The average molecular weight is 253 g/mol. The minimum Gasteiger partial charge on any atom is -0.495 e. The van der Waals surface area contributed by atoms with Crippen LogP contribution in [0.1, 0.15) is 5.56 Å². The summed E-state index contributed by atoms with van der Waals surface area (Å²) in [5.41, 5.74) is 1.16. The summed E-state index contributed by atoms with van der Waals surface area (Å²) in [6.07, 6.45) is 3.54. The molecule has 0 fully saturated rings. The lowest BCUT2D eigenvalue weighted by atomic mass is 10.2. The molecule has 18 heavy (non-hydrogen) atoms. The van der Waals surface area contributed by atoms with Gasteiger partial charge in [0.15, 0.2) is 0 Å². The molecule has 0 atom stereocenters. The maximum atomic E-state index is 5.28. The van der Waals surface area contributed by atoms with E-state index in [1.54, 1.807) is 26.6 Å². The van der Waals surface area contributed by atoms with Crippen LogP contribution in [0.4, 0.5) is 0 Å². The minimum absolute atomic E-state index is 0.752. The quantitative estimate of drug-likeness (QED) is 0.658. The van der Waals surface area contributed by atoms with Crippen LogP contribution in [0.15, 0.2) is 18.5 Å². The minimum atomic E-state index is 0.752. The number of nitrogens with one attached hydrogen (secondary N) is 1. The Morgan fingerprint density at radius 2 is 2.17 bits per heavy atom. The number of methoxy groups -OCH3 is 2. The van der Waals surface area contributed by atoms with Crippen molar-refractivity contribution in [2.75, 3.05) is 47.5 Å². The molecule has 0 bridgehead atoms. The highest BCUT2D eigenvalue weighted by Crippen LogP contribution is 2.16. The van der Waals surface area contributed by atoms with Crippen molar-refractivity contribution in [1.82, 2.24) is 15.2 Å². The van der Waals surface area contributed by atoms with E-state index in [1.165, 1.54) is 0 Å². The van der Waals surface area contributed by atoms with E-state index < -0.39 is 0 Å². The second-order valence-corrected chi connectivity index (χ2v) is 4.17. The average Bonchev–Trinajstić information content (AvgIpc) is 2.39. The number of ether oxygens (including phenoxy) is 2. The molecule has 5 nitrogen and oxygen atoms in total. The monoisotopic (exact) mass is 253 g/mol. The molecule has 1 aromatic rings. The number of pyridine rings is 1. The second kappa shape index (κ2) is 8.85. The molecule has 0 amide bonds. The zero-order valence-electron chi connectivity index (χ0n) is 11.5. The molecule has 1 N–H and O–H groups in total. The standard InChI is InChI=1S/C13H23N3O2/c1-16(8-6-14-7-9-17-2)11-12-4-5-15-10-13(12)18-3/h4-5,10,14H,6-9,11H2,1-3H3. The van der Waals surface area contributed by atoms with Crippen LogP contribution in [0.25, 0.3) is 0 Å². The summed E-state index contributed by atoms with van der Waals surface area (Å²) < 4.78 is 10.3. The van der Waals surface area contributed by atoms with Crippen molar-refractivity contribution in [1.29, 1.82) is 0 Å². The van der Waals surface area contributed by atoms with Gasteiger partial charge in [0.2, 0.25) is 0 Å². The third-order valence-electron chi connectivity index (χ3n) is 2.68. The summed E-state index contributed by atoms with van der Waals surface area (Å²) >= 11 is 0. The van der Waals surface area contributed by atoms with Crippen molar-refractivity contribution >= 4 is 0 Å². The van der Waals surface area contributed by atoms with E-state index in [4.69, 9.17) is 9.47 Å². The molecule has 0 aliphatic heterocycles. The van der Waals surface area contributed by atoms with Gasteiger partial charge in [0.1, 0.15) is 5.75 Å². The molecule has 0 saturated heterocycles. The number of aromatic nitrogens is 1. The molecule has 5 heteroatoms. The van der Waals surface area contributed by atoms with Gasteiger partial charge in [0, 0.05) is 45.0 Å². The first-order chi connectivity index (χ1) is 8.77. The molecular formula is C13H23N3O2. The summed E-state index contributed by atoms with van der Waals surface area (Å²) in [5, 5.41) is 3.32. The van der Waals surface area contributed by atoms with Gasteiger partial charge in [-0.15, -0.1) is 0 Å². The zero-order valence-corrected chi connectivity index (χ0v) is 11.5. The summed E-state index contributed by atoms with van der Waals surface area (Å²) in [4.78, 5) is 6.30. The number of nitrogens with zero attached hydrogens (tertiary/aromatic N) is 2. The Labute approximate surface area is 109 Å². The summed E-state index contributed by atoms with van der Waals surface area (Å²) in [6, 6.07) is 1.99. The molecule has 0 aliphatic carbocycles. The Hall–Kier alpha value is -1.17. The van der Waals surface area contributed by atoms with Gasteiger partial charge in [-0.05, 0) is 13.1 Å². The van der Waals surface area contributed by atoms with Crippen LogP contribution >= 0.6 is 0 Å². The molecular weight excluding hydrogens is 230 g/mol. The van der Waals surface area contributed by atoms with Crippen molar-refractivity contribution in [3.63, 3.8) is 0 Å². The van der Waals surface area contributed by atoms with Crippen LogP contribution in [-0.4, -0.2) is 57.4 Å². The summed E-state index contributed by atoms with van der Waals surface area (Å²) in [7, 11) is 5.48. The Kier molecular flexibility index (Phi) is 7.32. The second-order valence-electron chi connectivity index (χ2n) is 4.17. The highest BCUT2D eigenvalue weighted by Gasteiger charge is 2.05. The molecule has 1 heterocycles. The van der Waals surface area contributed by atoms with E-state index in [2.05, 4.69) is 22.2 Å². The lowest BCUT2D eigenvalue weighted by molar-refractivity contribution is 0.197. The van der Waals surface area contributed by atoms with Gasteiger partial charge in [-0.3, -0.25) is 4.98 Å². The van der Waals surface area contributed by atoms with Crippen molar-refractivity contribution in [3.8, 4) is 5.75 Å². The third-order valence-corrected chi connectivity index (χ3v) is 2.68. The zero-order chi connectivity index (χ0) is 13.2. The van der Waals surface area contributed by atoms with Gasteiger partial charge in [0.25, 0.3) is 0 Å². The SMILES string of the molecule is COCCNCCN(C)Cc1ccncc1OC. The van der Waals surface area contributed by atoms with Crippen molar-refractivity contribution in [2.24, 2.45) is 0 Å². The fraction of sp³-hybridized carbons (Fsp3) is 0.615. The van der Waals surface area contributed by atoms with Crippen LogP contribution in [-0.2, 0) is 11.3 Å². The van der Waals surface area contributed by atoms with Crippen molar-refractivity contribution in [3.05, 3.63) is 24.0 Å². The highest BCUT2D eigenvalue weighted by atomic mass is 16.5. The van der Waals surface area contributed by atoms with Crippen LogP contribution in [0.5, 0.6) is 5.75 Å². The molecule has 102 valence electrons. The van der Waals surface area contributed by atoms with Crippen molar-refractivity contribution < 1.29 is 9.47 Å². The van der Waals surface area contributed by atoms with Gasteiger partial charge >= 0.3 is 0 Å². The Balaban J connectivity index is 2.28. The molecule has 0 aliphatic rings. The topological polar surface area (TPSA) is 46.6 Å². The third kappa shape index (κ3) is 5.44. The first-order valence-electron chi connectivity index (χ1n) is 6.13. The van der Waals surface area contributed by atoms with Crippen LogP contribution < -0.4 is 10.1 Å². The fourth-order valence-corrected chi connectivity index (χ4v) is 1.66. The molecule has 0 spiro atoms. The van der Waals surface area contributed by atoms with Crippen LogP contribution in [0.3, 0.4) is 0 Å². The van der Waals surface area contributed by atoms with E-state index in [1.807, 2.05) is 6.07 Å². The molecule has 1 rings (SSSR count). The smallest absolute Gasteiger partial charge is 0.141 e. The fourth-order valence-electron chi connectivity index (χ4n) is 1.66. The number of hydrogen-bond donors (Lipinski definition) is 1. The van der Waals surface area contributed by atoms with E-state index in [0.29, 0.717) is 0 Å². The molecule has 0 unspecified atom stereocenters. The lowest BCUT2D eigenvalue weighted by Gasteiger charge is -2.18. The van der Waals surface area contributed by atoms with E-state index in [-0.39, 0.29) is 0 Å². The van der Waals surface area contributed by atoms with E-state index in [0.717, 1.165) is 44.1 Å². The number of rotatable bonds is 9. The Bertz CT molecular complexity index is 334. The first kappa shape index (κ1) is 14.9. The molecule has 0 radical (unpaired) electrons. The van der Waals surface area contributed by atoms with E-state index in [9.17, 15) is 0 Å². The van der Waals surface area contributed by atoms with Gasteiger partial charge in [-0.2, -0.15) is 0 Å². The molecule has 1 aromatic heterocycles. The van der Waals surface area contributed by atoms with Crippen LogP contribution in [0.2, 0.25) is 0 Å². The van der Waals surface area contributed by atoms with E-state index >= 15 is 0 Å². The largest absolute Gasteiger partial charge is 0.495 e. The highest BCUT2D eigenvalue weighted by molar-refractivity contribution is 5.29. The predicted octanol–water partition coefficient (Wildman–Crippen LogP) is 0.758. The number of hydrogen-bond acceptors (Lipinski definition) is 5. The maximum absolute atomic E-state index is 5.28. The molecule has 0 aromatic carbocycles.